The third-order valence-corrected chi connectivity index (χ3v) is 5.34. The number of hydrogen-bond donors (Lipinski definition) is 2. The smallest absolute Gasteiger partial charge is 0.220 e. The maximum Gasteiger partial charge on any atom is 0.220 e. The lowest BCUT2D eigenvalue weighted by Crippen LogP contribution is -2.68. The maximum absolute atomic E-state index is 11.7. The van der Waals surface area contributed by atoms with Gasteiger partial charge in [0.1, 0.15) is 0 Å². The quantitative estimate of drug-likeness (QED) is 0.873. The number of piperidine rings is 1. The Hall–Kier alpha value is -1.35. The van der Waals surface area contributed by atoms with Crippen LogP contribution in [-0.4, -0.2) is 24.0 Å². The first kappa shape index (κ1) is 14.6. The first-order chi connectivity index (χ1) is 10.2. The van der Waals surface area contributed by atoms with E-state index in [1.54, 1.807) is 0 Å². The van der Waals surface area contributed by atoms with Gasteiger partial charge in [-0.25, -0.2) is 0 Å². The summed E-state index contributed by atoms with van der Waals surface area (Å²) < 4.78 is 0. The molecular weight excluding hydrogens is 260 g/mol. The van der Waals surface area contributed by atoms with Gasteiger partial charge in [0.15, 0.2) is 0 Å². The molecule has 1 saturated carbocycles. The molecule has 0 bridgehead atoms. The molecule has 3 rings (SSSR count). The minimum absolute atomic E-state index is 0.0598. The van der Waals surface area contributed by atoms with Crippen LogP contribution in [0.2, 0.25) is 0 Å². The highest BCUT2D eigenvalue weighted by atomic mass is 16.1. The van der Waals surface area contributed by atoms with Gasteiger partial charge in [0.05, 0.1) is 5.54 Å². The van der Waals surface area contributed by atoms with E-state index in [1.807, 2.05) is 0 Å². The SMILES string of the molecule is CC[C@@H](CN[C@@H]1CCC(=O)NC12CCC2)c1ccccc1. The van der Waals surface area contributed by atoms with E-state index in [0.29, 0.717) is 18.4 Å². The van der Waals surface area contributed by atoms with Crippen LogP contribution in [0.1, 0.15) is 56.9 Å². The van der Waals surface area contributed by atoms with Gasteiger partial charge >= 0.3 is 0 Å². The second kappa shape index (κ2) is 6.18. The topological polar surface area (TPSA) is 41.1 Å². The fourth-order valence-corrected chi connectivity index (χ4v) is 3.82. The molecule has 114 valence electrons. The number of benzene rings is 1. The Morgan fingerprint density at radius 2 is 2.10 bits per heavy atom. The van der Waals surface area contributed by atoms with Gasteiger partial charge in [0.2, 0.25) is 5.91 Å². The average molecular weight is 286 g/mol. The summed E-state index contributed by atoms with van der Waals surface area (Å²) >= 11 is 0. The molecule has 1 aromatic carbocycles. The third-order valence-electron chi connectivity index (χ3n) is 5.34. The van der Waals surface area contributed by atoms with Crippen LogP contribution in [-0.2, 0) is 4.79 Å². The molecule has 1 aromatic rings. The van der Waals surface area contributed by atoms with Crippen LogP contribution in [0.5, 0.6) is 0 Å². The summed E-state index contributed by atoms with van der Waals surface area (Å²) in [7, 11) is 0. The van der Waals surface area contributed by atoms with Crippen LogP contribution in [0.25, 0.3) is 0 Å². The van der Waals surface area contributed by atoms with Crippen molar-refractivity contribution in [3.05, 3.63) is 35.9 Å². The molecule has 1 spiro atoms. The zero-order chi connectivity index (χ0) is 14.7. The van der Waals surface area contributed by atoms with E-state index in [0.717, 1.165) is 32.2 Å². The lowest BCUT2D eigenvalue weighted by atomic mass is 9.68. The first-order valence-corrected chi connectivity index (χ1v) is 8.33. The van der Waals surface area contributed by atoms with Gasteiger partial charge in [-0.3, -0.25) is 4.79 Å². The summed E-state index contributed by atoms with van der Waals surface area (Å²) in [6, 6.07) is 11.2. The van der Waals surface area contributed by atoms with Gasteiger partial charge < -0.3 is 10.6 Å². The van der Waals surface area contributed by atoms with Gasteiger partial charge in [-0.15, -0.1) is 0 Å². The van der Waals surface area contributed by atoms with Crippen LogP contribution in [0.4, 0.5) is 0 Å². The van der Waals surface area contributed by atoms with E-state index < -0.39 is 0 Å². The first-order valence-electron chi connectivity index (χ1n) is 8.33. The predicted octanol–water partition coefficient (Wildman–Crippen LogP) is 2.97. The monoisotopic (exact) mass is 286 g/mol. The predicted molar refractivity (Wildman–Crippen MR) is 85.2 cm³/mol. The maximum atomic E-state index is 11.7. The molecular formula is C18H26N2O. The highest BCUT2D eigenvalue weighted by Gasteiger charge is 2.47. The van der Waals surface area contributed by atoms with Crippen molar-refractivity contribution >= 4 is 5.91 Å². The standard InChI is InChI=1S/C18H26N2O/c1-2-14(15-7-4-3-5-8-15)13-19-16-9-10-17(21)20-18(16)11-6-12-18/h3-5,7-8,14,16,19H,2,6,9-13H2,1H3,(H,20,21)/t14-,16+/m0/s1. The van der Waals surface area contributed by atoms with Gasteiger partial charge in [0, 0.05) is 19.0 Å². The molecule has 1 aliphatic heterocycles. The highest BCUT2D eigenvalue weighted by molar-refractivity contribution is 5.78. The third kappa shape index (κ3) is 2.98. The van der Waals surface area contributed by atoms with Crippen molar-refractivity contribution in [1.29, 1.82) is 0 Å². The van der Waals surface area contributed by atoms with Gasteiger partial charge in [-0.1, -0.05) is 37.3 Å². The molecule has 1 saturated heterocycles. The molecule has 1 amide bonds. The molecule has 0 aromatic heterocycles. The summed E-state index contributed by atoms with van der Waals surface area (Å²) in [5.74, 6) is 0.795. The Balaban J connectivity index is 1.62. The largest absolute Gasteiger partial charge is 0.349 e. The second-order valence-electron chi connectivity index (χ2n) is 6.57. The van der Waals surface area contributed by atoms with E-state index in [-0.39, 0.29) is 11.4 Å². The van der Waals surface area contributed by atoms with Crippen LogP contribution < -0.4 is 10.6 Å². The average Bonchev–Trinajstić information content (AvgIpc) is 2.48. The summed E-state index contributed by atoms with van der Waals surface area (Å²) in [5.41, 5.74) is 1.47. The minimum Gasteiger partial charge on any atom is -0.349 e. The van der Waals surface area contributed by atoms with E-state index in [4.69, 9.17) is 0 Å². The van der Waals surface area contributed by atoms with Crippen molar-refractivity contribution in [2.24, 2.45) is 0 Å². The van der Waals surface area contributed by atoms with Gasteiger partial charge in [-0.05, 0) is 43.6 Å². The van der Waals surface area contributed by atoms with Gasteiger partial charge in [0.25, 0.3) is 0 Å². The van der Waals surface area contributed by atoms with E-state index in [9.17, 15) is 4.79 Å². The van der Waals surface area contributed by atoms with Crippen molar-refractivity contribution in [2.45, 2.75) is 62.9 Å². The Kier molecular flexibility index (Phi) is 4.29. The molecule has 2 fully saturated rings. The Bertz CT molecular complexity index is 481. The summed E-state index contributed by atoms with van der Waals surface area (Å²) in [6.07, 6.45) is 6.31. The molecule has 1 heterocycles. The van der Waals surface area contributed by atoms with Crippen molar-refractivity contribution in [3.63, 3.8) is 0 Å². The minimum atomic E-state index is 0.0598. The lowest BCUT2D eigenvalue weighted by molar-refractivity contribution is -0.128. The van der Waals surface area contributed by atoms with E-state index in [1.165, 1.54) is 12.0 Å². The highest BCUT2D eigenvalue weighted by Crippen LogP contribution is 2.39. The lowest BCUT2D eigenvalue weighted by Gasteiger charge is -2.51. The molecule has 3 nitrogen and oxygen atoms in total. The van der Waals surface area contributed by atoms with E-state index >= 15 is 0 Å². The number of nitrogens with one attached hydrogen (secondary N) is 2. The zero-order valence-corrected chi connectivity index (χ0v) is 12.9. The van der Waals surface area contributed by atoms with Gasteiger partial charge in [-0.2, -0.15) is 0 Å². The van der Waals surface area contributed by atoms with Crippen molar-refractivity contribution in [3.8, 4) is 0 Å². The van der Waals surface area contributed by atoms with Crippen molar-refractivity contribution in [1.82, 2.24) is 10.6 Å². The Morgan fingerprint density at radius 3 is 2.71 bits per heavy atom. The normalized spacial score (nSPS) is 25.2. The number of carbonyl (C=O) groups excluding carboxylic acids is 1. The number of hydrogen-bond acceptors (Lipinski definition) is 2. The fourth-order valence-electron chi connectivity index (χ4n) is 3.82. The van der Waals surface area contributed by atoms with Crippen LogP contribution in [0.3, 0.4) is 0 Å². The Morgan fingerprint density at radius 1 is 1.33 bits per heavy atom. The van der Waals surface area contributed by atoms with Crippen LogP contribution in [0.15, 0.2) is 30.3 Å². The molecule has 3 heteroatoms. The molecule has 2 aliphatic rings. The van der Waals surface area contributed by atoms with Crippen molar-refractivity contribution < 1.29 is 4.79 Å². The van der Waals surface area contributed by atoms with Crippen LogP contribution in [0, 0.1) is 0 Å². The zero-order valence-electron chi connectivity index (χ0n) is 12.9. The number of amides is 1. The molecule has 21 heavy (non-hydrogen) atoms. The summed E-state index contributed by atoms with van der Waals surface area (Å²) in [6.45, 7) is 3.25. The number of rotatable bonds is 5. The molecule has 1 aliphatic carbocycles. The molecule has 0 unspecified atom stereocenters. The van der Waals surface area contributed by atoms with Crippen LogP contribution >= 0.6 is 0 Å². The molecule has 0 radical (unpaired) electrons. The fraction of sp³-hybridized carbons (Fsp3) is 0.611. The van der Waals surface area contributed by atoms with Crippen molar-refractivity contribution in [2.75, 3.05) is 6.54 Å². The molecule has 2 N–H and O–H groups in total. The van der Waals surface area contributed by atoms with E-state index in [2.05, 4.69) is 47.9 Å². The summed E-state index contributed by atoms with van der Waals surface area (Å²) in [4.78, 5) is 11.7. The Labute approximate surface area is 127 Å². The second-order valence-corrected chi connectivity index (χ2v) is 6.57. The molecule has 2 atom stereocenters. The number of carbonyl (C=O) groups is 1. The summed E-state index contributed by atoms with van der Waals surface area (Å²) in [5, 5.41) is 7.03.